The summed E-state index contributed by atoms with van der Waals surface area (Å²) in [7, 11) is -4.01. The highest BCUT2D eigenvalue weighted by atomic mass is 32.2. The molecule has 8 heteroatoms. The van der Waals surface area contributed by atoms with Gasteiger partial charge in [-0.05, 0) is 37.0 Å². The molecule has 1 unspecified atom stereocenters. The minimum Gasteiger partial charge on any atom is -0.259 e. The van der Waals surface area contributed by atoms with E-state index in [0.29, 0.717) is 12.1 Å². The van der Waals surface area contributed by atoms with E-state index in [-0.39, 0.29) is 4.90 Å². The van der Waals surface area contributed by atoms with Crippen molar-refractivity contribution in [3.63, 3.8) is 0 Å². The van der Waals surface area contributed by atoms with Crippen LogP contribution in [-0.2, 0) is 16.4 Å². The van der Waals surface area contributed by atoms with Crippen LogP contribution in [0, 0.1) is 10.1 Å². The van der Waals surface area contributed by atoms with Crippen molar-refractivity contribution in [2.24, 2.45) is 0 Å². The van der Waals surface area contributed by atoms with Gasteiger partial charge in [-0.1, -0.05) is 18.2 Å². The fourth-order valence-electron chi connectivity index (χ4n) is 2.81. The largest absolute Gasteiger partial charge is 0.289 e. The van der Waals surface area contributed by atoms with Crippen LogP contribution in [0.5, 0.6) is 0 Å². The van der Waals surface area contributed by atoms with Crippen molar-refractivity contribution in [3.8, 4) is 0 Å². The molecule has 1 aliphatic rings. The smallest absolute Gasteiger partial charge is 0.259 e. The molecular formula is C15H15N3O4S. The molecular weight excluding hydrogens is 318 g/mol. The molecule has 2 aromatic rings. The number of nitro benzene ring substituents is 1. The highest BCUT2D eigenvalue weighted by Gasteiger charge is 2.30. The van der Waals surface area contributed by atoms with Crippen molar-refractivity contribution in [1.82, 2.24) is 9.71 Å². The van der Waals surface area contributed by atoms with E-state index in [4.69, 9.17) is 0 Å². The lowest BCUT2D eigenvalue weighted by Crippen LogP contribution is -2.32. The monoisotopic (exact) mass is 333 g/mol. The molecule has 1 heterocycles. The quantitative estimate of drug-likeness (QED) is 0.683. The maximum absolute atomic E-state index is 12.6. The van der Waals surface area contributed by atoms with Crippen LogP contribution >= 0.6 is 0 Å². The molecule has 1 aliphatic carbocycles. The molecule has 7 nitrogen and oxygen atoms in total. The third-order valence-electron chi connectivity index (χ3n) is 3.84. The van der Waals surface area contributed by atoms with Gasteiger partial charge in [-0.2, -0.15) is 0 Å². The van der Waals surface area contributed by atoms with Gasteiger partial charge in [-0.3, -0.25) is 15.1 Å². The van der Waals surface area contributed by atoms with Crippen LogP contribution in [0.4, 0.5) is 5.69 Å². The predicted molar refractivity (Wildman–Crippen MR) is 83.3 cm³/mol. The molecule has 0 radical (unpaired) electrons. The van der Waals surface area contributed by atoms with Crippen LogP contribution in [0.2, 0.25) is 0 Å². The Hall–Kier alpha value is -2.32. The number of hydrogen-bond acceptors (Lipinski definition) is 5. The Morgan fingerprint density at radius 1 is 1.22 bits per heavy atom. The van der Waals surface area contributed by atoms with Crippen molar-refractivity contribution in [3.05, 3.63) is 64.0 Å². The molecule has 1 aromatic heterocycles. The summed E-state index contributed by atoms with van der Waals surface area (Å²) in [5.74, 6) is 0. The summed E-state index contributed by atoms with van der Waals surface area (Å²) >= 11 is 0. The Morgan fingerprint density at radius 2 is 2.00 bits per heavy atom. The second-order valence-corrected chi connectivity index (χ2v) is 7.02. The zero-order chi connectivity index (χ0) is 16.4. The molecule has 0 fully saturated rings. The van der Waals surface area contributed by atoms with Crippen molar-refractivity contribution < 1.29 is 13.3 Å². The normalized spacial score (nSPS) is 17.5. The number of nitrogens with one attached hydrogen (secondary N) is 1. The van der Waals surface area contributed by atoms with E-state index < -0.39 is 26.7 Å². The second kappa shape index (κ2) is 6.05. The number of rotatable bonds is 4. The average molecular weight is 333 g/mol. The van der Waals surface area contributed by atoms with Crippen LogP contribution in [0.3, 0.4) is 0 Å². The van der Waals surface area contributed by atoms with E-state index in [1.165, 1.54) is 24.3 Å². The minimum atomic E-state index is -4.01. The number of fused-ring (bicyclic) bond motifs is 1. The van der Waals surface area contributed by atoms with Crippen LogP contribution < -0.4 is 4.72 Å². The van der Waals surface area contributed by atoms with Gasteiger partial charge in [0.1, 0.15) is 0 Å². The summed E-state index contributed by atoms with van der Waals surface area (Å²) in [6, 6.07) is 8.60. The zero-order valence-corrected chi connectivity index (χ0v) is 13.0. The van der Waals surface area contributed by atoms with Crippen LogP contribution in [-0.4, -0.2) is 18.3 Å². The molecule has 0 saturated heterocycles. The first kappa shape index (κ1) is 15.6. The third-order valence-corrected chi connectivity index (χ3v) is 5.36. The standard InChI is InChI=1S/C15H15N3O4S/c19-18(20)13-8-1-2-9-14(13)23(21,22)17-12-7-3-5-11-6-4-10-16-15(11)12/h1-2,4,6,8-10,12,17H,3,5,7H2. The minimum absolute atomic E-state index is 0.326. The number of para-hydroxylation sites is 1. The molecule has 23 heavy (non-hydrogen) atoms. The SMILES string of the molecule is O=[N+]([O-])c1ccccc1S(=O)(=O)NC1CCCc2cccnc21. The number of hydrogen-bond donors (Lipinski definition) is 1. The molecule has 0 bridgehead atoms. The van der Waals surface area contributed by atoms with Crippen molar-refractivity contribution in [2.45, 2.75) is 30.2 Å². The lowest BCUT2D eigenvalue weighted by Gasteiger charge is -2.24. The van der Waals surface area contributed by atoms with Gasteiger partial charge in [-0.25, -0.2) is 13.1 Å². The Bertz CT molecular complexity index is 851. The van der Waals surface area contributed by atoms with Gasteiger partial charge in [0.25, 0.3) is 5.69 Å². The summed E-state index contributed by atoms with van der Waals surface area (Å²) in [4.78, 5) is 14.3. The highest BCUT2D eigenvalue weighted by Crippen LogP contribution is 2.30. The summed E-state index contributed by atoms with van der Waals surface area (Å²) in [6.07, 6.45) is 3.93. The van der Waals surface area contributed by atoms with Crippen molar-refractivity contribution in [1.29, 1.82) is 0 Å². The van der Waals surface area contributed by atoms with Gasteiger partial charge in [0.15, 0.2) is 4.90 Å². The molecule has 0 amide bonds. The summed E-state index contributed by atoms with van der Waals surface area (Å²) in [5, 5.41) is 11.1. The maximum Gasteiger partial charge on any atom is 0.289 e. The Morgan fingerprint density at radius 3 is 2.78 bits per heavy atom. The van der Waals surface area contributed by atoms with E-state index >= 15 is 0 Å². The van der Waals surface area contributed by atoms with Crippen LogP contribution in [0.15, 0.2) is 47.5 Å². The highest BCUT2D eigenvalue weighted by molar-refractivity contribution is 7.89. The van der Waals surface area contributed by atoms with Crippen molar-refractivity contribution >= 4 is 15.7 Å². The third kappa shape index (κ3) is 3.08. The van der Waals surface area contributed by atoms with Crippen molar-refractivity contribution in [2.75, 3.05) is 0 Å². The van der Waals surface area contributed by atoms with Gasteiger partial charge >= 0.3 is 0 Å². The fourth-order valence-corrected chi connectivity index (χ4v) is 4.22. The number of nitrogens with zero attached hydrogens (tertiary/aromatic N) is 2. The van der Waals surface area contributed by atoms with Crippen LogP contribution in [0.25, 0.3) is 0 Å². The molecule has 3 rings (SSSR count). The summed E-state index contributed by atoms with van der Waals surface area (Å²) in [5.41, 5.74) is 1.27. The van der Waals surface area contributed by atoms with E-state index in [0.717, 1.165) is 18.4 Å². The van der Waals surface area contributed by atoms with Gasteiger partial charge in [0.05, 0.1) is 16.7 Å². The number of sulfonamides is 1. The first-order chi connectivity index (χ1) is 11.0. The number of aryl methyl sites for hydroxylation is 1. The predicted octanol–water partition coefficient (Wildman–Crippen LogP) is 2.35. The van der Waals surface area contributed by atoms with E-state index in [1.807, 2.05) is 12.1 Å². The molecule has 0 aliphatic heterocycles. The topological polar surface area (TPSA) is 102 Å². The average Bonchev–Trinajstić information content (AvgIpc) is 2.55. The lowest BCUT2D eigenvalue weighted by molar-refractivity contribution is -0.387. The molecule has 1 N–H and O–H groups in total. The van der Waals surface area contributed by atoms with Gasteiger partial charge in [-0.15, -0.1) is 0 Å². The maximum atomic E-state index is 12.6. The first-order valence-corrected chi connectivity index (χ1v) is 8.67. The number of pyridine rings is 1. The summed E-state index contributed by atoms with van der Waals surface area (Å²) < 4.78 is 27.8. The molecule has 0 spiro atoms. The van der Waals surface area contributed by atoms with E-state index in [9.17, 15) is 18.5 Å². The number of nitro groups is 1. The Labute approximate surface area is 133 Å². The molecule has 1 atom stereocenters. The number of aromatic nitrogens is 1. The Balaban J connectivity index is 1.96. The Kier molecular flexibility index (Phi) is 4.10. The molecule has 1 aromatic carbocycles. The van der Waals surface area contributed by atoms with Gasteiger partial charge < -0.3 is 0 Å². The van der Waals surface area contributed by atoms with Crippen LogP contribution in [0.1, 0.15) is 30.1 Å². The second-order valence-electron chi connectivity index (χ2n) is 5.34. The zero-order valence-electron chi connectivity index (χ0n) is 12.2. The molecule has 0 saturated carbocycles. The van der Waals surface area contributed by atoms with E-state index in [1.54, 1.807) is 6.20 Å². The number of benzene rings is 1. The van der Waals surface area contributed by atoms with Gasteiger partial charge in [0, 0.05) is 12.3 Å². The first-order valence-electron chi connectivity index (χ1n) is 7.18. The fraction of sp³-hybridized carbons (Fsp3) is 0.267. The molecule has 120 valence electrons. The van der Waals surface area contributed by atoms with Gasteiger partial charge in [0.2, 0.25) is 10.0 Å². The van der Waals surface area contributed by atoms with E-state index in [2.05, 4.69) is 9.71 Å². The lowest BCUT2D eigenvalue weighted by atomic mass is 9.93. The summed E-state index contributed by atoms with van der Waals surface area (Å²) in [6.45, 7) is 0.